The molecule has 0 spiro atoms. The van der Waals surface area contributed by atoms with E-state index in [-0.39, 0.29) is 5.41 Å². The summed E-state index contributed by atoms with van der Waals surface area (Å²) in [4.78, 5) is 2.76. The van der Waals surface area contributed by atoms with E-state index in [0.717, 1.165) is 5.92 Å². The van der Waals surface area contributed by atoms with Crippen LogP contribution in [0.25, 0.3) is 0 Å². The minimum Gasteiger partial charge on any atom is -0.299 e. The number of likely N-dealkylation sites (tertiary alicyclic amines) is 1. The summed E-state index contributed by atoms with van der Waals surface area (Å²) in [7, 11) is 2.41. The molecule has 3 aliphatic rings. The van der Waals surface area contributed by atoms with Crippen LogP contribution < -0.4 is 0 Å². The summed E-state index contributed by atoms with van der Waals surface area (Å²) in [5, 5.41) is 0. The van der Waals surface area contributed by atoms with Crippen LogP contribution in [0.5, 0.6) is 0 Å². The van der Waals surface area contributed by atoms with E-state index in [4.69, 9.17) is 0 Å². The number of hydrogen-bond acceptors (Lipinski definition) is 1. The maximum atomic E-state index is 2.76. The van der Waals surface area contributed by atoms with Gasteiger partial charge in [0.25, 0.3) is 0 Å². The molecule has 0 aromatic heterocycles. The summed E-state index contributed by atoms with van der Waals surface area (Å²) in [6, 6.07) is 8.37. The van der Waals surface area contributed by atoms with Gasteiger partial charge in [0.1, 0.15) is 0 Å². The molecule has 1 aliphatic heterocycles. The monoisotopic (exact) mass is 353 g/mol. The zero-order chi connectivity index (χ0) is 19.2. The maximum Gasteiger partial charge on any atom is 0.0226 e. The largest absolute Gasteiger partial charge is 0.299 e. The lowest BCUT2D eigenvalue weighted by Gasteiger charge is -2.77. The number of hydrogen-bond donors (Lipinski definition) is 0. The van der Waals surface area contributed by atoms with Gasteiger partial charge in [0.15, 0.2) is 0 Å². The first-order valence-corrected chi connectivity index (χ1v) is 10.9. The van der Waals surface area contributed by atoms with Crippen LogP contribution in [0.2, 0.25) is 0 Å². The Balaban J connectivity index is 2.20. The molecule has 0 amide bonds. The van der Waals surface area contributed by atoms with Crippen molar-refractivity contribution in [2.75, 3.05) is 7.05 Å². The molecule has 5 unspecified atom stereocenters. The summed E-state index contributed by atoms with van der Waals surface area (Å²) in [5.74, 6) is 2.01. The van der Waals surface area contributed by atoms with Crippen LogP contribution in [-0.4, -0.2) is 24.0 Å². The second-order valence-electron chi connectivity index (χ2n) is 10.9. The van der Waals surface area contributed by atoms with Crippen molar-refractivity contribution in [1.82, 2.24) is 4.90 Å². The van der Waals surface area contributed by atoms with Crippen molar-refractivity contribution in [1.29, 1.82) is 0 Å². The van der Waals surface area contributed by atoms with Crippen LogP contribution in [0.4, 0.5) is 0 Å². The fraction of sp³-hybridized carbons (Fsp3) is 0.760. The third kappa shape index (κ3) is 1.73. The average Bonchev–Trinajstić information content (AvgIpc) is 2.57. The predicted octanol–water partition coefficient (Wildman–Crippen LogP) is 6.15. The molecular formula is C25H39N. The minimum absolute atomic E-state index is 0.251. The molecule has 2 aliphatic carbocycles. The third-order valence-electron chi connectivity index (χ3n) is 9.91. The van der Waals surface area contributed by atoms with Gasteiger partial charge in [-0.3, -0.25) is 4.90 Å². The number of fused-ring (bicyclic) bond motifs is 1. The standard InChI is InChI=1S/C25H39N/c1-15-11-10-12-20-17(3)22-24(8)16(2)13-14-23(6,7)25(24,21(15)20)18(4)19(5)26(22)9/h10-12,16-19,22H,13-14H2,1-9H3/t16?,17?,18?,19?,22-,24?,25-/m0/s1. The van der Waals surface area contributed by atoms with Gasteiger partial charge in [-0.25, -0.2) is 0 Å². The molecule has 4 rings (SSSR count). The van der Waals surface area contributed by atoms with E-state index >= 15 is 0 Å². The molecule has 2 fully saturated rings. The predicted molar refractivity (Wildman–Crippen MR) is 112 cm³/mol. The molecule has 0 N–H and O–H groups in total. The van der Waals surface area contributed by atoms with Gasteiger partial charge in [-0.2, -0.15) is 0 Å². The molecule has 1 nitrogen and oxygen atoms in total. The highest BCUT2D eigenvalue weighted by atomic mass is 15.2. The van der Waals surface area contributed by atoms with Crippen LogP contribution in [0.15, 0.2) is 18.2 Å². The SMILES string of the molecule is Cc1cccc2c1[C@]13C(C)C(C)N(C)[C@@H](C2C)C1(C)C(C)CCC3(C)C. The van der Waals surface area contributed by atoms with E-state index in [9.17, 15) is 0 Å². The van der Waals surface area contributed by atoms with Gasteiger partial charge in [-0.15, -0.1) is 0 Å². The van der Waals surface area contributed by atoms with Crippen molar-refractivity contribution >= 4 is 0 Å². The third-order valence-corrected chi connectivity index (χ3v) is 9.91. The van der Waals surface area contributed by atoms with Crippen molar-refractivity contribution in [3.05, 3.63) is 34.9 Å². The van der Waals surface area contributed by atoms with E-state index in [1.54, 1.807) is 11.1 Å². The van der Waals surface area contributed by atoms with Gasteiger partial charge < -0.3 is 0 Å². The summed E-state index contributed by atoms with van der Waals surface area (Å²) in [5.41, 5.74) is 5.79. The van der Waals surface area contributed by atoms with Crippen LogP contribution in [0.3, 0.4) is 0 Å². The maximum absolute atomic E-state index is 2.76. The average molecular weight is 354 g/mol. The van der Waals surface area contributed by atoms with Gasteiger partial charge in [-0.05, 0) is 79.0 Å². The summed E-state index contributed by atoms with van der Waals surface area (Å²) in [6.45, 7) is 20.4. The van der Waals surface area contributed by atoms with Crippen molar-refractivity contribution in [3.8, 4) is 0 Å². The molecule has 144 valence electrons. The van der Waals surface area contributed by atoms with E-state index < -0.39 is 0 Å². The zero-order valence-corrected chi connectivity index (χ0v) is 18.5. The van der Waals surface area contributed by atoms with Crippen molar-refractivity contribution in [3.63, 3.8) is 0 Å². The highest BCUT2D eigenvalue weighted by Gasteiger charge is 2.73. The van der Waals surface area contributed by atoms with E-state index in [0.29, 0.717) is 34.7 Å². The molecule has 26 heavy (non-hydrogen) atoms. The second kappa shape index (κ2) is 5.37. The molecule has 7 atom stereocenters. The number of piperidine rings is 1. The summed E-state index contributed by atoms with van der Waals surface area (Å²) in [6.07, 6.45) is 2.71. The fourth-order valence-electron chi connectivity index (χ4n) is 8.70. The number of rotatable bonds is 0. The van der Waals surface area contributed by atoms with Gasteiger partial charge in [0, 0.05) is 17.5 Å². The Labute approximate surface area is 161 Å². The van der Waals surface area contributed by atoms with Crippen LogP contribution in [-0.2, 0) is 5.41 Å². The molecular weight excluding hydrogens is 314 g/mol. The molecule has 1 saturated carbocycles. The summed E-state index contributed by atoms with van der Waals surface area (Å²) < 4.78 is 0. The van der Waals surface area contributed by atoms with Crippen LogP contribution >= 0.6 is 0 Å². The van der Waals surface area contributed by atoms with Crippen LogP contribution in [0, 0.1) is 29.6 Å². The van der Waals surface area contributed by atoms with Gasteiger partial charge in [0.05, 0.1) is 0 Å². The Bertz CT molecular complexity index is 734. The Morgan fingerprint density at radius 3 is 2.35 bits per heavy atom. The van der Waals surface area contributed by atoms with Gasteiger partial charge >= 0.3 is 0 Å². The van der Waals surface area contributed by atoms with Gasteiger partial charge in [-0.1, -0.05) is 59.7 Å². The fourth-order valence-corrected chi connectivity index (χ4v) is 8.70. The van der Waals surface area contributed by atoms with Crippen molar-refractivity contribution in [2.45, 2.75) is 91.6 Å². The van der Waals surface area contributed by atoms with Crippen molar-refractivity contribution in [2.24, 2.45) is 22.7 Å². The molecule has 1 aromatic carbocycles. The number of aryl methyl sites for hydroxylation is 1. The first-order chi connectivity index (χ1) is 12.0. The molecule has 0 radical (unpaired) electrons. The normalized spacial score (nSPS) is 47.2. The van der Waals surface area contributed by atoms with Gasteiger partial charge in [0.2, 0.25) is 0 Å². The Kier molecular flexibility index (Phi) is 3.83. The minimum atomic E-state index is 0.251. The van der Waals surface area contributed by atoms with Crippen molar-refractivity contribution < 1.29 is 0 Å². The highest BCUT2D eigenvalue weighted by molar-refractivity contribution is 5.53. The quantitative estimate of drug-likeness (QED) is 0.540. The molecule has 1 saturated heterocycles. The van der Waals surface area contributed by atoms with E-state index in [2.05, 4.69) is 85.5 Å². The first-order valence-electron chi connectivity index (χ1n) is 10.9. The molecule has 1 aromatic rings. The Hall–Kier alpha value is -0.820. The first kappa shape index (κ1) is 18.5. The lowest BCUT2D eigenvalue weighted by molar-refractivity contribution is -0.211. The topological polar surface area (TPSA) is 3.24 Å². The second-order valence-corrected chi connectivity index (χ2v) is 10.9. The Morgan fingerprint density at radius 1 is 1.04 bits per heavy atom. The van der Waals surface area contributed by atoms with Crippen LogP contribution in [0.1, 0.15) is 83.9 Å². The number of likely N-dealkylation sites (N-methyl/N-ethyl adjacent to an activating group) is 1. The van der Waals surface area contributed by atoms with E-state index in [1.807, 2.05) is 0 Å². The lowest BCUT2D eigenvalue weighted by atomic mass is 9.31. The lowest BCUT2D eigenvalue weighted by Crippen LogP contribution is -2.78. The number of nitrogens with zero attached hydrogens (tertiary/aromatic N) is 1. The number of benzene rings is 1. The summed E-state index contributed by atoms with van der Waals surface area (Å²) >= 11 is 0. The zero-order valence-electron chi connectivity index (χ0n) is 18.5. The molecule has 2 bridgehead atoms. The smallest absolute Gasteiger partial charge is 0.0226 e. The molecule has 1 heterocycles. The van der Waals surface area contributed by atoms with E-state index in [1.165, 1.54) is 18.4 Å². The highest BCUT2D eigenvalue weighted by Crippen LogP contribution is 2.74. The molecule has 1 heteroatoms. The Morgan fingerprint density at radius 2 is 1.69 bits per heavy atom.